The number of aromatic nitrogens is 2. The maximum Gasteiger partial charge on any atom is 0.341 e. The van der Waals surface area contributed by atoms with Crippen LogP contribution in [0.25, 0.3) is 0 Å². The molecule has 0 saturated carbocycles. The largest absolute Gasteiger partial charge is 0.479 e. The van der Waals surface area contributed by atoms with Gasteiger partial charge in [-0.1, -0.05) is 6.92 Å². The first-order valence-electron chi connectivity index (χ1n) is 5.44. The van der Waals surface area contributed by atoms with Gasteiger partial charge in [-0.15, -0.1) is 0 Å². The first kappa shape index (κ1) is 10.9. The first-order chi connectivity index (χ1) is 7.70. The van der Waals surface area contributed by atoms with Gasteiger partial charge in [0, 0.05) is 12.0 Å². The molecule has 1 aromatic rings. The quantitative estimate of drug-likeness (QED) is 0.822. The van der Waals surface area contributed by atoms with E-state index >= 15 is 0 Å². The topological polar surface area (TPSA) is 72.3 Å². The van der Waals surface area contributed by atoms with Crippen molar-refractivity contribution < 1.29 is 14.6 Å². The van der Waals surface area contributed by atoms with Gasteiger partial charge in [-0.05, 0) is 19.3 Å². The van der Waals surface area contributed by atoms with Crippen LogP contribution in [-0.4, -0.2) is 27.7 Å². The second kappa shape index (κ2) is 4.47. The summed E-state index contributed by atoms with van der Waals surface area (Å²) in [5.41, 5.74) is 2.01. The molecule has 0 unspecified atom stereocenters. The fourth-order valence-corrected chi connectivity index (χ4v) is 1.85. The van der Waals surface area contributed by atoms with Crippen molar-refractivity contribution >= 4 is 5.97 Å². The lowest BCUT2D eigenvalue weighted by molar-refractivity contribution is -0.139. The Morgan fingerprint density at radius 2 is 2.25 bits per heavy atom. The smallest absolute Gasteiger partial charge is 0.341 e. The van der Waals surface area contributed by atoms with Crippen LogP contribution >= 0.6 is 0 Å². The Bertz CT molecular complexity index is 418. The Morgan fingerprint density at radius 1 is 1.44 bits per heavy atom. The second-order valence-corrected chi connectivity index (χ2v) is 3.76. The molecule has 1 N–H and O–H groups in total. The van der Waals surface area contributed by atoms with Gasteiger partial charge in [0.2, 0.25) is 5.88 Å². The van der Waals surface area contributed by atoms with Crippen LogP contribution in [0, 0.1) is 0 Å². The second-order valence-electron chi connectivity index (χ2n) is 3.76. The van der Waals surface area contributed by atoms with E-state index in [0.717, 1.165) is 42.8 Å². The molecule has 0 spiro atoms. The highest BCUT2D eigenvalue weighted by Gasteiger charge is 2.20. The lowest BCUT2D eigenvalue weighted by Gasteiger charge is -2.09. The van der Waals surface area contributed by atoms with Crippen LogP contribution in [-0.2, 0) is 24.1 Å². The minimum Gasteiger partial charge on any atom is -0.479 e. The fourth-order valence-electron chi connectivity index (χ4n) is 1.85. The number of ether oxygens (including phenoxy) is 1. The summed E-state index contributed by atoms with van der Waals surface area (Å²) in [5, 5.41) is 8.58. The highest BCUT2D eigenvalue weighted by Crippen LogP contribution is 2.27. The molecule has 5 heteroatoms. The van der Waals surface area contributed by atoms with Crippen LogP contribution in [0.2, 0.25) is 0 Å². The highest BCUT2D eigenvalue weighted by atomic mass is 16.5. The molecule has 1 aliphatic carbocycles. The van der Waals surface area contributed by atoms with Gasteiger partial charge in [0.25, 0.3) is 0 Å². The van der Waals surface area contributed by atoms with Gasteiger partial charge in [0.1, 0.15) is 5.82 Å². The van der Waals surface area contributed by atoms with Crippen molar-refractivity contribution in [3.8, 4) is 5.88 Å². The third-order valence-corrected chi connectivity index (χ3v) is 2.59. The van der Waals surface area contributed by atoms with Gasteiger partial charge >= 0.3 is 5.97 Å². The number of carboxylic acids is 1. The van der Waals surface area contributed by atoms with E-state index < -0.39 is 5.97 Å². The van der Waals surface area contributed by atoms with Gasteiger partial charge < -0.3 is 9.84 Å². The van der Waals surface area contributed by atoms with Crippen LogP contribution in [0.15, 0.2) is 0 Å². The van der Waals surface area contributed by atoms with Crippen LogP contribution in [0.1, 0.15) is 30.4 Å². The molecular formula is C11H14N2O3. The molecule has 1 heterocycles. The molecule has 0 saturated heterocycles. The number of carboxylic acid groups (broad SMARTS) is 1. The zero-order valence-corrected chi connectivity index (χ0v) is 9.19. The molecule has 1 aromatic heterocycles. The van der Waals surface area contributed by atoms with Crippen molar-refractivity contribution in [2.24, 2.45) is 0 Å². The number of aliphatic carboxylic acids is 1. The normalized spacial score (nSPS) is 13.6. The zero-order chi connectivity index (χ0) is 11.5. The summed E-state index contributed by atoms with van der Waals surface area (Å²) in [7, 11) is 0. The molecule has 0 atom stereocenters. The summed E-state index contributed by atoms with van der Waals surface area (Å²) in [6.07, 6.45) is 3.60. The molecular weight excluding hydrogens is 208 g/mol. The predicted octanol–water partition coefficient (Wildman–Crippen LogP) is 0.991. The summed E-state index contributed by atoms with van der Waals surface area (Å²) in [6.45, 7) is 1.63. The lowest BCUT2D eigenvalue weighted by atomic mass is 10.2. The van der Waals surface area contributed by atoms with Crippen LogP contribution in [0.5, 0.6) is 5.88 Å². The fraction of sp³-hybridized carbons (Fsp3) is 0.545. The number of carbonyl (C=O) groups is 1. The van der Waals surface area contributed by atoms with Gasteiger partial charge in [0.05, 0.1) is 5.69 Å². The minimum atomic E-state index is -0.983. The average Bonchev–Trinajstić information content (AvgIpc) is 2.73. The third-order valence-electron chi connectivity index (χ3n) is 2.59. The Balaban J connectivity index is 2.28. The molecule has 1 aliphatic rings. The molecule has 0 bridgehead atoms. The maximum atomic E-state index is 10.5. The molecule has 0 fully saturated rings. The maximum absolute atomic E-state index is 10.5. The number of nitrogens with zero attached hydrogens (tertiary/aromatic N) is 2. The average molecular weight is 222 g/mol. The number of fused-ring (bicyclic) bond motifs is 1. The Morgan fingerprint density at radius 3 is 2.94 bits per heavy atom. The molecule has 0 aromatic carbocycles. The lowest BCUT2D eigenvalue weighted by Crippen LogP contribution is -2.13. The van der Waals surface area contributed by atoms with Gasteiger partial charge in [-0.2, -0.15) is 4.98 Å². The minimum absolute atomic E-state index is 0.341. The molecule has 0 aliphatic heterocycles. The van der Waals surface area contributed by atoms with Crippen molar-refractivity contribution in [3.63, 3.8) is 0 Å². The van der Waals surface area contributed by atoms with E-state index in [1.54, 1.807) is 0 Å². The van der Waals surface area contributed by atoms with E-state index in [1.807, 2.05) is 6.92 Å². The first-order valence-corrected chi connectivity index (χ1v) is 5.44. The number of hydrogen-bond donors (Lipinski definition) is 1. The monoisotopic (exact) mass is 222 g/mol. The standard InChI is InChI=1S/C11H14N2O3/c1-2-9-12-8-5-3-4-7(8)11(13-9)16-6-10(14)15/h2-6H2,1H3,(H,14,15). The van der Waals surface area contributed by atoms with Crippen molar-refractivity contribution in [2.75, 3.05) is 6.61 Å². The molecule has 0 radical (unpaired) electrons. The predicted molar refractivity (Wildman–Crippen MR) is 56.6 cm³/mol. The van der Waals surface area contributed by atoms with Gasteiger partial charge in [-0.3, -0.25) is 0 Å². The van der Waals surface area contributed by atoms with E-state index in [2.05, 4.69) is 9.97 Å². The number of rotatable bonds is 4. The van der Waals surface area contributed by atoms with Gasteiger partial charge in [0.15, 0.2) is 6.61 Å². The molecule has 5 nitrogen and oxygen atoms in total. The van der Waals surface area contributed by atoms with E-state index in [4.69, 9.17) is 9.84 Å². The number of hydrogen-bond acceptors (Lipinski definition) is 4. The van der Waals surface area contributed by atoms with E-state index in [-0.39, 0.29) is 6.61 Å². The van der Waals surface area contributed by atoms with Crippen molar-refractivity contribution in [3.05, 3.63) is 17.1 Å². The van der Waals surface area contributed by atoms with E-state index in [9.17, 15) is 4.79 Å². The van der Waals surface area contributed by atoms with Gasteiger partial charge in [-0.25, -0.2) is 9.78 Å². The SMILES string of the molecule is CCc1nc2c(c(OCC(=O)O)n1)CCC2. The van der Waals surface area contributed by atoms with E-state index in [1.165, 1.54) is 0 Å². The summed E-state index contributed by atoms with van der Waals surface area (Å²) in [6, 6.07) is 0. The van der Waals surface area contributed by atoms with Crippen LogP contribution in [0.3, 0.4) is 0 Å². The Kier molecular flexibility index (Phi) is 3.03. The Hall–Kier alpha value is -1.65. The van der Waals surface area contributed by atoms with E-state index in [0.29, 0.717) is 5.88 Å². The van der Waals surface area contributed by atoms with Crippen molar-refractivity contribution in [2.45, 2.75) is 32.6 Å². The molecule has 0 amide bonds. The van der Waals surface area contributed by atoms with Crippen molar-refractivity contribution in [1.82, 2.24) is 9.97 Å². The molecule has 2 rings (SSSR count). The van der Waals surface area contributed by atoms with Crippen LogP contribution in [0.4, 0.5) is 0 Å². The zero-order valence-electron chi connectivity index (χ0n) is 9.19. The summed E-state index contributed by atoms with van der Waals surface area (Å²) >= 11 is 0. The molecule has 16 heavy (non-hydrogen) atoms. The number of aryl methyl sites for hydroxylation is 2. The summed E-state index contributed by atoms with van der Waals surface area (Å²) < 4.78 is 5.20. The third kappa shape index (κ3) is 2.13. The van der Waals surface area contributed by atoms with Crippen molar-refractivity contribution in [1.29, 1.82) is 0 Å². The van der Waals surface area contributed by atoms with Crippen LogP contribution < -0.4 is 4.74 Å². The summed E-state index contributed by atoms with van der Waals surface area (Å²) in [4.78, 5) is 19.1. The highest BCUT2D eigenvalue weighted by molar-refractivity contribution is 5.68. The summed E-state index contributed by atoms with van der Waals surface area (Å²) in [5.74, 6) is 0.200. The molecule has 86 valence electrons. The Labute approximate surface area is 93.5 Å².